The molecular formula is C23H20FN3. The van der Waals surface area contributed by atoms with Crippen LogP contribution in [0.1, 0.15) is 23.4 Å². The Morgan fingerprint density at radius 1 is 1.04 bits per heavy atom. The molecule has 0 amide bonds. The van der Waals surface area contributed by atoms with Gasteiger partial charge in [0, 0.05) is 35.7 Å². The highest BCUT2D eigenvalue weighted by atomic mass is 19.1. The first-order valence-corrected chi connectivity index (χ1v) is 9.33. The van der Waals surface area contributed by atoms with Crippen molar-refractivity contribution >= 4 is 10.9 Å². The monoisotopic (exact) mass is 357 g/mol. The van der Waals surface area contributed by atoms with Gasteiger partial charge < -0.3 is 4.57 Å². The summed E-state index contributed by atoms with van der Waals surface area (Å²) >= 11 is 0. The van der Waals surface area contributed by atoms with Crippen molar-refractivity contribution in [2.45, 2.75) is 33.2 Å². The molecule has 5 rings (SSSR count). The van der Waals surface area contributed by atoms with Gasteiger partial charge in [0.1, 0.15) is 11.6 Å². The predicted octanol–water partition coefficient (Wildman–Crippen LogP) is 5.47. The van der Waals surface area contributed by atoms with E-state index in [4.69, 9.17) is 4.98 Å². The summed E-state index contributed by atoms with van der Waals surface area (Å²) in [5.74, 6) is 0.953. The van der Waals surface area contributed by atoms with Gasteiger partial charge in [0.2, 0.25) is 0 Å². The molecule has 0 saturated heterocycles. The smallest absolute Gasteiger partial charge is 0.126 e. The van der Waals surface area contributed by atoms with Crippen molar-refractivity contribution < 1.29 is 4.39 Å². The lowest BCUT2D eigenvalue weighted by molar-refractivity contribution is 0.617. The Bertz CT molecular complexity index is 1190. The highest BCUT2D eigenvalue weighted by molar-refractivity contribution is 5.88. The summed E-state index contributed by atoms with van der Waals surface area (Å²) in [7, 11) is 0. The lowest BCUT2D eigenvalue weighted by Crippen LogP contribution is -1.97. The molecule has 2 aromatic carbocycles. The van der Waals surface area contributed by atoms with Crippen LogP contribution >= 0.6 is 0 Å². The highest BCUT2D eigenvalue weighted by Gasteiger charge is 2.24. The molecule has 1 aliphatic rings. The van der Waals surface area contributed by atoms with Crippen LogP contribution in [0.3, 0.4) is 0 Å². The average molecular weight is 357 g/mol. The summed E-state index contributed by atoms with van der Waals surface area (Å²) in [6.07, 6.45) is 3.92. The van der Waals surface area contributed by atoms with Crippen LogP contribution in [-0.4, -0.2) is 14.5 Å². The van der Waals surface area contributed by atoms with Gasteiger partial charge in [0.05, 0.1) is 16.9 Å². The Balaban J connectivity index is 1.78. The first-order valence-electron chi connectivity index (χ1n) is 9.33. The van der Waals surface area contributed by atoms with Crippen molar-refractivity contribution in [1.82, 2.24) is 14.5 Å². The summed E-state index contributed by atoms with van der Waals surface area (Å²) in [5.41, 5.74) is 6.77. The number of aromatic nitrogens is 3. The van der Waals surface area contributed by atoms with E-state index in [1.54, 1.807) is 6.07 Å². The highest BCUT2D eigenvalue weighted by Crippen LogP contribution is 2.38. The summed E-state index contributed by atoms with van der Waals surface area (Å²) in [4.78, 5) is 9.40. The Morgan fingerprint density at radius 3 is 2.81 bits per heavy atom. The summed E-state index contributed by atoms with van der Waals surface area (Å²) < 4.78 is 16.3. The van der Waals surface area contributed by atoms with Crippen LogP contribution in [0.2, 0.25) is 0 Å². The fraction of sp³-hybridized carbons (Fsp3) is 0.217. The lowest BCUT2D eigenvalue weighted by atomic mass is 9.98. The maximum atomic E-state index is 14.0. The minimum Gasteiger partial charge on any atom is -0.327 e. The van der Waals surface area contributed by atoms with Crippen molar-refractivity contribution in [2.24, 2.45) is 0 Å². The van der Waals surface area contributed by atoms with Gasteiger partial charge in [-0.05, 0) is 61.7 Å². The fourth-order valence-corrected chi connectivity index (χ4v) is 4.07. The second-order valence-electron chi connectivity index (χ2n) is 7.31. The predicted molar refractivity (Wildman–Crippen MR) is 106 cm³/mol. The average Bonchev–Trinajstić information content (AvgIpc) is 3.25. The molecular weight excluding hydrogens is 337 g/mol. The van der Waals surface area contributed by atoms with E-state index in [-0.39, 0.29) is 5.82 Å². The third-order valence-electron chi connectivity index (χ3n) is 5.47. The van der Waals surface area contributed by atoms with Crippen molar-refractivity contribution in [3.8, 4) is 22.5 Å². The number of pyridine rings is 1. The lowest BCUT2D eigenvalue weighted by Gasteiger charge is -2.12. The molecule has 0 radical (unpaired) electrons. The van der Waals surface area contributed by atoms with Crippen molar-refractivity contribution in [3.05, 3.63) is 71.4 Å². The van der Waals surface area contributed by atoms with Crippen LogP contribution in [0.5, 0.6) is 0 Å². The standard InChI is InChI=1S/C23H20FN3/c1-14-12-19(24)15(2)11-18(14)22-23(27-10-4-6-21(27)26-22)17-7-8-20-16(13-17)5-3-9-25-20/h3,5,7-9,11-13H,4,6,10H2,1-2H3. The Labute approximate surface area is 157 Å². The summed E-state index contributed by atoms with van der Waals surface area (Å²) in [6, 6.07) is 13.9. The molecule has 0 N–H and O–H groups in total. The molecule has 4 aromatic rings. The number of halogens is 1. The second kappa shape index (κ2) is 6.02. The molecule has 2 aromatic heterocycles. The molecule has 0 saturated carbocycles. The van der Waals surface area contributed by atoms with Gasteiger partial charge in [-0.15, -0.1) is 0 Å². The van der Waals surface area contributed by atoms with Crippen LogP contribution < -0.4 is 0 Å². The molecule has 3 nitrogen and oxygen atoms in total. The topological polar surface area (TPSA) is 30.7 Å². The molecule has 1 aliphatic heterocycles. The minimum atomic E-state index is -0.165. The number of rotatable bonds is 2. The van der Waals surface area contributed by atoms with E-state index in [1.165, 1.54) is 0 Å². The summed E-state index contributed by atoms with van der Waals surface area (Å²) in [5, 5.41) is 1.11. The fourth-order valence-electron chi connectivity index (χ4n) is 4.07. The van der Waals surface area contributed by atoms with Crippen LogP contribution in [0.15, 0.2) is 48.7 Å². The van der Waals surface area contributed by atoms with Crippen LogP contribution in [0.25, 0.3) is 33.4 Å². The number of aryl methyl sites for hydroxylation is 3. The Morgan fingerprint density at radius 2 is 1.93 bits per heavy atom. The molecule has 3 heterocycles. The normalized spacial score (nSPS) is 13.3. The number of fused-ring (bicyclic) bond motifs is 2. The van der Waals surface area contributed by atoms with Gasteiger partial charge in [0.15, 0.2) is 0 Å². The number of imidazole rings is 1. The molecule has 27 heavy (non-hydrogen) atoms. The Hall–Kier alpha value is -3.01. The van der Waals surface area contributed by atoms with Gasteiger partial charge in [-0.1, -0.05) is 12.1 Å². The molecule has 4 heteroatoms. The van der Waals surface area contributed by atoms with Crippen LogP contribution in [-0.2, 0) is 13.0 Å². The van der Waals surface area contributed by atoms with Crippen LogP contribution in [0, 0.1) is 19.7 Å². The first kappa shape index (κ1) is 16.2. The zero-order chi connectivity index (χ0) is 18.5. The quantitative estimate of drug-likeness (QED) is 0.476. The van der Waals surface area contributed by atoms with E-state index in [9.17, 15) is 4.39 Å². The van der Waals surface area contributed by atoms with E-state index >= 15 is 0 Å². The zero-order valence-electron chi connectivity index (χ0n) is 15.5. The van der Waals surface area contributed by atoms with E-state index < -0.39 is 0 Å². The second-order valence-corrected chi connectivity index (χ2v) is 7.31. The molecule has 0 unspecified atom stereocenters. The van der Waals surface area contributed by atoms with Crippen LogP contribution in [0.4, 0.5) is 4.39 Å². The van der Waals surface area contributed by atoms with E-state index in [2.05, 4.69) is 33.8 Å². The number of nitrogens with zero attached hydrogens (tertiary/aromatic N) is 3. The number of hydrogen-bond acceptors (Lipinski definition) is 2. The van der Waals surface area contributed by atoms with Gasteiger partial charge in [-0.2, -0.15) is 0 Å². The van der Waals surface area contributed by atoms with Gasteiger partial charge in [0.25, 0.3) is 0 Å². The molecule has 0 bridgehead atoms. The molecule has 0 fully saturated rings. The largest absolute Gasteiger partial charge is 0.327 e. The third-order valence-corrected chi connectivity index (χ3v) is 5.47. The number of hydrogen-bond donors (Lipinski definition) is 0. The van der Waals surface area contributed by atoms with Crippen molar-refractivity contribution in [3.63, 3.8) is 0 Å². The minimum absolute atomic E-state index is 0.165. The van der Waals surface area contributed by atoms with Gasteiger partial charge in [-0.25, -0.2) is 9.37 Å². The third kappa shape index (κ3) is 2.55. The molecule has 134 valence electrons. The molecule has 0 atom stereocenters. The van der Waals surface area contributed by atoms with Gasteiger partial charge >= 0.3 is 0 Å². The zero-order valence-corrected chi connectivity index (χ0v) is 15.5. The van der Waals surface area contributed by atoms with E-state index in [1.807, 2.05) is 32.2 Å². The molecule has 0 aliphatic carbocycles. The molecule has 0 spiro atoms. The maximum absolute atomic E-state index is 14.0. The van der Waals surface area contributed by atoms with Crippen molar-refractivity contribution in [2.75, 3.05) is 0 Å². The first-order chi connectivity index (χ1) is 13.1. The van der Waals surface area contributed by atoms with E-state index in [0.29, 0.717) is 5.56 Å². The Kier molecular flexibility index (Phi) is 3.61. The SMILES string of the molecule is Cc1cc(-c2nc3n(c2-c2ccc4ncccc4c2)CCC3)c(C)cc1F. The van der Waals surface area contributed by atoms with Gasteiger partial charge in [-0.3, -0.25) is 4.98 Å². The summed E-state index contributed by atoms with van der Waals surface area (Å²) in [6.45, 7) is 4.74. The number of benzene rings is 2. The van der Waals surface area contributed by atoms with Crippen molar-refractivity contribution in [1.29, 1.82) is 0 Å². The maximum Gasteiger partial charge on any atom is 0.126 e. The van der Waals surface area contributed by atoms with E-state index in [0.717, 1.165) is 64.2 Å².